The minimum atomic E-state index is -4.55. The molecule has 0 radical (unpaired) electrons. The summed E-state index contributed by atoms with van der Waals surface area (Å²) in [4.78, 5) is 25.5. The summed E-state index contributed by atoms with van der Waals surface area (Å²) in [5, 5.41) is 0.522. The lowest BCUT2D eigenvalue weighted by Gasteiger charge is -2.21. The average Bonchev–Trinajstić information content (AvgIpc) is 3.18. The van der Waals surface area contributed by atoms with E-state index in [9.17, 15) is 22.8 Å². The van der Waals surface area contributed by atoms with Crippen LogP contribution in [-0.4, -0.2) is 11.7 Å². The van der Waals surface area contributed by atoms with E-state index in [1.807, 2.05) is 6.92 Å². The number of halogens is 3. The number of hydrogen-bond acceptors (Lipinski definition) is 5. The van der Waals surface area contributed by atoms with Crippen LogP contribution >= 0.6 is 11.3 Å². The molecule has 0 aliphatic carbocycles. The zero-order chi connectivity index (χ0) is 25.2. The Hall–Kier alpha value is -3.59. The number of hydrogen-bond donors (Lipinski definition) is 1. The predicted octanol–water partition coefficient (Wildman–Crippen LogP) is 6.80. The maximum Gasteiger partial charge on any atom is 0.416 e. The van der Waals surface area contributed by atoms with Crippen LogP contribution in [0.3, 0.4) is 0 Å². The third-order valence-corrected chi connectivity index (χ3v) is 6.33. The molecule has 0 bridgehead atoms. The number of Topliss-reactive ketones (excluding diaryl/α,β-unsaturated/α-hetero) is 1. The fourth-order valence-electron chi connectivity index (χ4n) is 3.56. The van der Waals surface area contributed by atoms with Crippen molar-refractivity contribution in [1.82, 2.24) is 0 Å². The van der Waals surface area contributed by atoms with Crippen LogP contribution in [0.2, 0.25) is 0 Å². The molecule has 0 saturated carbocycles. The molecule has 1 amide bonds. The van der Waals surface area contributed by atoms with E-state index in [0.717, 1.165) is 23.0 Å². The number of carbonyl (C=O) groups is 2. The van der Waals surface area contributed by atoms with Gasteiger partial charge in [-0.1, -0.05) is 24.8 Å². The number of ether oxygens (including phenoxy) is 1. The highest BCUT2D eigenvalue weighted by Crippen LogP contribution is 2.42. The van der Waals surface area contributed by atoms with Gasteiger partial charge in [0.15, 0.2) is 5.78 Å². The Labute approximate surface area is 199 Å². The first kappa shape index (κ1) is 25.0. The topological polar surface area (TPSA) is 72.6 Å². The molecule has 1 aromatic heterocycles. The molecule has 0 aliphatic heterocycles. The number of primary amides is 1. The van der Waals surface area contributed by atoms with E-state index in [2.05, 4.69) is 6.58 Å². The number of nitrogens with zero attached hydrogens (tertiary/aromatic N) is 1. The number of anilines is 2. The Kier molecular flexibility index (Phi) is 7.16. The van der Waals surface area contributed by atoms with Gasteiger partial charge in [-0.3, -0.25) is 9.59 Å². The summed E-state index contributed by atoms with van der Waals surface area (Å²) < 4.78 is 46.2. The largest absolute Gasteiger partial charge is 0.484 e. The van der Waals surface area contributed by atoms with Gasteiger partial charge >= 0.3 is 6.18 Å². The third kappa shape index (κ3) is 5.14. The second kappa shape index (κ2) is 9.72. The van der Waals surface area contributed by atoms with Crippen molar-refractivity contribution >= 4 is 33.7 Å². The number of thiophene rings is 1. The number of amides is 1. The number of benzene rings is 2. The maximum absolute atomic E-state index is 13.4. The Bertz CT molecular complexity index is 1250. The van der Waals surface area contributed by atoms with Crippen molar-refractivity contribution in [3.63, 3.8) is 0 Å². The molecule has 1 heterocycles. The molecule has 1 atom stereocenters. The third-order valence-electron chi connectivity index (χ3n) is 5.20. The Balaban J connectivity index is 2.00. The van der Waals surface area contributed by atoms with Crippen LogP contribution in [0, 0.1) is 6.92 Å². The van der Waals surface area contributed by atoms with Crippen molar-refractivity contribution in [3.05, 3.63) is 88.4 Å². The minimum absolute atomic E-state index is 0.0607. The Morgan fingerprint density at radius 3 is 2.41 bits per heavy atom. The van der Waals surface area contributed by atoms with Crippen LogP contribution in [0.5, 0.6) is 5.75 Å². The van der Waals surface area contributed by atoms with Crippen LogP contribution in [0.4, 0.5) is 23.9 Å². The zero-order valence-electron chi connectivity index (χ0n) is 18.8. The van der Waals surface area contributed by atoms with Crippen LogP contribution in [0.1, 0.15) is 56.7 Å². The first-order valence-corrected chi connectivity index (χ1v) is 11.1. The fourth-order valence-corrected chi connectivity index (χ4v) is 4.51. The second-order valence-corrected chi connectivity index (χ2v) is 8.63. The van der Waals surface area contributed by atoms with E-state index in [-0.39, 0.29) is 22.0 Å². The molecule has 0 unspecified atom stereocenters. The van der Waals surface area contributed by atoms with Gasteiger partial charge in [-0.2, -0.15) is 13.2 Å². The normalized spacial score (nSPS) is 12.2. The summed E-state index contributed by atoms with van der Waals surface area (Å²) in [6.45, 7) is 8.60. The molecule has 2 aromatic carbocycles. The molecule has 34 heavy (non-hydrogen) atoms. The molecule has 9 heteroatoms. The number of carbonyl (C=O) groups excluding carboxylic acids is 2. The van der Waals surface area contributed by atoms with E-state index in [0.29, 0.717) is 16.3 Å². The Morgan fingerprint density at radius 2 is 1.85 bits per heavy atom. The van der Waals surface area contributed by atoms with Crippen molar-refractivity contribution in [2.75, 3.05) is 4.90 Å². The highest BCUT2D eigenvalue weighted by atomic mass is 32.1. The van der Waals surface area contributed by atoms with Gasteiger partial charge in [0.1, 0.15) is 21.7 Å². The standard InChI is InChI=1S/C25H23F3N2O3S/c1-5-30(20-11-10-17(15(3)31)12-14(20)2)22-13-21(23(34-22)24(29)32)33-16(4)18-8-6-7-9-19(18)25(26,27)28/h5-13,16H,1H2,2-4H3,(H2,29,32)/t16-/m1/s1. The first-order valence-electron chi connectivity index (χ1n) is 10.2. The SMILES string of the molecule is C=CN(c1cc(O[C@H](C)c2ccccc2C(F)(F)F)c(C(N)=O)s1)c1ccc(C(C)=O)cc1C. The molecule has 3 rings (SSSR count). The van der Waals surface area contributed by atoms with Crippen molar-refractivity contribution in [2.45, 2.75) is 33.1 Å². The smallest absolute Gasteiger partial charge is 0.416 e. The van der Waals surface area contributed by atoms with Crippen LogP contribution in [0.15, 0.2) is 61.3 Å². The molecule has 0 saturated heterocycles. The lowest BCUT2D eigenvalue weighted by atomic mass is 10.0. The second-order valence-electron chi connectivity index (χ2n) is 7.60. The molecule has 0 fully saturated rings. The quantitative estimate of drug-likeness (QED) is 0.354. The summed E-state index contributed by atoms with van der Waals surface area (Å²) in [6.07, 6.45) is -4.03. The molecule has 178 valence electrons. The fraction of sp³-hybridized carbons (Fsp3) is 0.200. The van der Waals surface area contributed by atoms with E-state index >= 15 is 0 Å². The van der Waals surface area contributed by atoms with Gasteiger partial charge in [0.05, 0.1) is 5.56 Å². The molecule has 0 aliphatic rings. The molecule has 0 spiro atoms. The van der Waals surface area contributed by atoms with E-state index < -0.39 is 23.8 Å². The molecule has 2 N–H and O–H groups in total. The highest BCUT2D eigenvalue weighted by Gasteiger charge is 2.35. The molecular weight excluding hydrogens is 465 g/mol. The predicted molar refractivity (Wildman–Crippen MR) is 127 cm³/mol. The monoisotopic (exact) mass is 488 g/mol. The van der Waals surface area contributed by atoms with Gasteiger partial charge in [0.2, 0.25) is 0 Å². The highest BCUT2D eigenvalue weighted by molar-refractivity contribution is 7.18. The summed E-state index contributed by atoms with van der Waals surface area (Å²) in [5.74, 6) is -0.771. The summed E-state index contributed by atoms with van der Waals surface area (Å²) >= 11 is 1.03. The van der Waals surface area contributed by atoms with E-state index in [1.165, 1.54) is 44.3 Å². The number of ketones is 1. The van der Waals surface area contributed by atoms with E-state index in [4.69, 9.17) is 10.5 Å². The molecular formula is C25H23F3N2O3S. The summed E-state index contributed by atoms with van der Waals surface area (Å²) in [5.41, 5.74) is 6.71. The van der Waals surface area contributed by atoms with Crippen molar-refractivity contribution in [1.29, 1.82) is 0 Å². The van der Waals surface area contributed by atoms with Gasteiger partial charge in [-0.25, -0.2) is 0 Å². The minimum Gasteiger partial charge on any atom is -0.484 e. The van der Waals surface area contributed by atoms with E-state index in [1.54, 1.807) is 23.1 Å². The van der Waals surface area contributed by atoms with Gasteiger partial charge in [-0.15, -0.1) is 11.3 Å². The first-order chi connectivity index (χ1) is 15.9. The lowest BCUT2D eigenvalue weighted by molar-refractivity contribution is -0.139. The summed E-state index contributed by atoms with van der Waals surface area (Å²) in [7, 11) is 0. The van der Waals surface area contributed by atoms with Gasteiger partial charge < -0.3 is 15.4 Å². The average molecular weight is 489 g/mol. The zero-order valence-corrected chi connectivity index (χ0v) is 19.6. The van der Waals surface area contributed by atoms with Gasteiger partial charge in [0.25, 0.3) is 5.91 Å². The number of nitrogens with two attached hydrogens (primary N) is 1. The van der Waals surface area contributed by atoms with Gasteiger partial charge in [0, 0.05) is 29.1 Å². The van der Waals surface area contributed by atoms with Crippen molar-refractivity contribution < 1.29 is 27.5 Å². The van der Waals surface area contributed by atoms with Crippen LogP contribution < -0.4 is 15.4 Å². The Morgan fingerprint density at radius 1 is 1.18 bits per heavy atom. The van der Waals surface area contributed by atoms with Crippen molar-refractivity contribution in [3.8, 4) is 5.75 Å². The van der Waals surface area contributed by atoms with Crippen LogP contribution in [-0.2, 0) is 6.18 Å². The summed E-state index contributed by atoms with van der Waals surface area (Å²) in [6, 6.07) is 11.8. The lowest BCUT2D eigenvalue weighted by Crippen LogP contribution is -2.15. The van der Waals surface area contributed by atoms with Crippen LogP contribution in [0.25, 0.3) is 0 Å². The maximum atomic E-state index is 13.4. The van der Waals surface area contributed by atoms with Crippen molar-refractivity contribution in [2.24, 2.45) is 5.73 Å². The number of rotatable bonds is 8. The number of alkyl halides is 3. The molecule has 3 aromatic rings. The molecule has 5 nitrogen and oxygen atoms in total. The van der Waals surface area contributed by atoms with Gasteiger partial charge in [-0.05, 0) is 50.6 Å². The number of aryl methyl sites for hydroxylation is 1.